The summed E-state index contributed by atoms with van der Waals surface area (Å²) in [4.78, 5) is 12.8. The number of unbranched alkanes of at least 4 members (excludes halogenated alkanes) is 14. The Bertz CT molecular complexity index is 1160. The highest BCUT2D eigenvalue weighted by molar-refractivity contribution is 7.80. The van der Waals surface area contributed by atoms with E-state index in [0.29, 0.717) is 13.0 Å². The molecule has 13 heteroatoms. The number of hydrogen-bond acceptors (Lipinski definition) is 11. The van der Waals surface area contributed by atoms with Gasteiger partial charge in [0.15, 0.2) is 6.29 Å². The zero-order valence-electron chi connectivity index (χ0n) is 33.7. The summed E-state index contributed by atoms with van der Waals surface area (Å²) in [6.45, 7) is 3.79. The van der Waals surface area contributed by atoms with Crippen LogP contribution in [0.2, 0.25) is 0 Å². The van der Waals surface area contributed by atoms with Gasteiger partial charge in [0.2, 0.25) is 0 Å². The summed E-state index contributed by atoms with van der Waals surface area (Å²) in [6, 6.07) is 0. The van der Waals surface area contributed by atoms with E-state index in [-0.39, 0.29) is 19.6 Å². The number of hydrogen-bond donors (Lipinski definition) is 4. The number of carbonyl (C=O) groups excluding carboxylic acids is 1. The highest BCUT2D eigenvalue weighted by Gasteiger charge is 2.48. The van der Waals surface area contributed by atoms with Crippen LogP contribution in [0.1, 0.15) is 149 Å². The van der Waals surface area contributed by atoms with Gasteiger partial charge in [-0.1, -0.05) is 120 Å². The van der Waals surface area contributed by atoms with Crippen molar-refractivity contribution in [1.82, 2.24) is 0 Å². The van der Waals surface area contributed by atoms with Crippen LogP contribution < -0.4 is 0 Å². The Morgan fingerprint density at radius 3 is 1.85 bits per heavy atom. The van der Waals surface area contributed by atoms with Crippen molar-refractivity contribution in [2.75, 3.05) is 26.4 Å². The zero-order chi connectivity index (χ0) is 40.4. The first-order valence-electron chi connectivity index (χ1n) is 20.9. The van der Waals surface area contributed by atoms with E-state index in [4.69, 9.17) is 23.5 Å². The summed E-state index contributed by atoms with van der Waals surface area (Å²) in [7, 11) is -5.06. The molecule has 0 bridgehead atoms. The van der Waals surface area contributed by atoms with E-state index in [0.717, 1.165) is 64.2 Å². The molecule has 1 aliphatic rings. The van der Waals surface area contributed by atoms with Gasteiger partial charge in [0.05, 0.1) is 19.8 Å². The fraction of sp³-hybridized carbons (Fsp3) is 0.786. The molecule has 0 spiro atoms. The second-order valence-electron chi connectivity index (χ2n) is 14.2. The molecule has 1 rings (SSSR count). The molecule has 0 saturated carbocycles. The van der Waals surface area contributed by atoms with Crippen molar-refractivity contribution in [3.05, 3.63) is 48.6 Å². The van der Waals surface area contributed by atoms with Crippen molar-refractivity contribution in [3.8, 4) is 0 Å². The van der Waals surface area contributed by atoms with E-state index < -0.39 is 59.8 Å². The molecular weight excluding hydrogens is 729 g/mol. The third kappa shape index (κ3) is 28.2. The van der Waals surface area contributed by atoms with Crippen molar-refractivity contribution in [2.24, 2.45) is 0 Å². The van der Waals surface area contributed by atoms with Gasteiger partial charge in [0.1, 0.15) is 30.5 Å². The summed E-state index contributed by atoms with van der Waals surface area (Å²) in [5.74, 6) is -0.432. The molecule has 0 aromatic carbocycles. The Morgan fingerprint density at radius 1 is 0.709 bits per heavy atom. The van der Waals surface area contributed by atoms with Crippen molar-refractivity contribution < 1.29 is 56.2 Å². The minimum atomic E-state index is -5.06. The lowest BCUT2D eigenvalue weighted by atomic mass is 9.99. The van der Waals surface area contributed by atoms with Crippen molar-refractivity contribution >= 4 is 16.4 Å². The number of esters is 1. The quantitative estimate of drug-likeness (QED) is 0.0210. The van der Waals surface area contributed by atoms with Gasteiger partial charge in [0.25, 0.3) is 0 Å². The van der Waals surface area contributed by atoms with Gasteiger partial charge in [-0.05, 0) is 70.6 Å². The van der Waals surface area contributed by atoms with Gasteiger partial charge in [-0.3, -0.25) is 9.35 Å². The molecule has 1 aliphatic heterocycles. The number of ether oxygens (including phenoxy) is 4. The fourth-order valence-corrected chi connectivity index (χ4v) is 6.54. The molecule has 1 fully saturated rings. The first kappa shape index (κ1) is 51.1. The average molecular weight is 803 g/mol. The molecule has 320 valence electrons. The Labute approximate surface area is 332 Å². The largest absolute Gasteiger partial charge is 0.457 e. The van der Waals surface area contributed by atoms with Crippen LogP contribution >= 0.6 is 0 Å². The van der Waals surface area contributed by atoms with Crippen LogP contribution in [0.4, 0.5) is 0 Å². The predicted molar refractivity (Wildman–Crippen MR) is 216 cm³/mol. The molecule has 0 amide bonds. The maximum absolute atomic E-state index is 12.8. The van der Waals surface area contributed by atoms with E-state index >= 15 is 0 Å². The highest BCUT2D eigenvalue weighted by Crippen LogP contribution is 2.26. The molecule has 0 aliphatic carbocycles. The smallest absolute Gasteiger partial charge is 0.397 e. The van der Waals surface area contributed by atoms with Gasteiger partial charge in [0, 0.05) is 13.0 Å². The Hall–Kier alpha value is -1.94. The highest BCUT2D eigenvalue weighted by atomic mass is 32.3. The second kappa shape index (κ2) is 34.1. The minimum Gasteiger partial charge on any atom is -0.457 e. The second-order valence-corrected chi connectivity index (χ2v) is 15.2. The maximum Gasteiger partial charge on any atom is 0.397 e. The van der Waals surface area contributed by atoms with Crippen LogP contribution in [0.5, 0.6) is 0 Å². The van der Waals surface area contributed by atoms with E-state index in [1.54, 1.807) is 0 Å². The molecule has 4 N–H and O–H groups in total. The Kier molecular flexibility index (Phi) is 31.7. The van der Waals surface area contributed by atoms with Crippen LogP contribution in [-0.4, -0.2) is 97.5 Å². The third-order valence-corrected chi connectivity index (χ3v) is 9.65. The zero-order valence-corrected chi connectivity index (χ0v) is 34.5. The van der Waals surface area contributed by atoms with E-state index in [9.17, 15) is 28.5 Å². The summed E-state index contributed by atoms with van der Waals surface area (Å²) in [6.07, 6.45) is 30.1. The van der Waals surface area contributed by atoms with Gasteiger partial charge in [-0.25, -0.2) is 4.18 Å². The molecule has 0 aromatic heterocycles. The number of allylic oxidation sites excluding steroid dienone is 8. The molecule has 6 unspecified atom stereocenters. The first-order valence-corrected chi connectivity index (χ1v) is 22.3. The van der Waals surface area contributed by atoms with Gasteiger partial charge >= 0.3 is 16.4 Å². The SMILES string of the molecule is CC/C=C\C/C=C\C/C=C\CCCCCC(=O)OC(COCCCCCCCC/C=C\CCCCCCC)COC1OC(CO)C(O)C(OS(=O)(=O)O)C1O. The number of aliphatic hydroxyl groups is 3. The van der Waals surface area contributed by atoms with Crippen LogP contribution in [-0.2, 0) is 38.3 Å². The van der Waals surface area contributed by atoms with Crippen molar-refractivity contribution in [2.45, 2.75) is 185 Å². The molecule has 12 nitrogen and oxygen atoms in total. The molecule has 6 atom stereocenters. The van der Waals surface area contributed by atoms with Crippen molar-refractivity contribution in [3.63, 3.8) is 0 Å². The topological polar surface area (TPSA) is 178 Å². The summed E-state index contributed by atoms with van der Waals surface area (Å²) < 4.78 is 58.9. The monoisotopic (exact) mass is 802 g/mol. The lowest BCUT2D eigenvalue weighted by Gasteiger charge is -2.41. The first-order chi connectivity index (χ1) is 26.6. The number of aliphatic hydroxyl groups excluding tert-OH is 3. The third-order valence-electron chi connectivity index (χ3n) is 9.18. The van der Waals surface area contributed by atoms with Crippen LogP contribution in [0, 0.1) is 0 Å². The van der Waals surface area contributed by atoms with Crippen LogP contribution in [0.15, 0.2) is 48.6 Å². The van der Waals surface area contributed by atoms with E-state index in [1.165, 1.54) is 57.8 Å². The minimum absolute atomic E-state index is 0.0185. The van der Waals surface area contributed by atoms with Crippen LogP contribution in [0.3, 0.4) is 0 Å². The Morgan fingerprint density at radius 2 is 1.25 bits per heavy atom. The lowest BCUT2D eigenvalue weighted by Crippen LogP contribution is -2.60. The molecule has 0 radical (unpaired) electrons. The molecule has 0 aromatic rings. The van der Waals surface area contributed by atoms with Gasteiger partial charge in [-0.15, -0.1) is 0 Å². The molecule has 1 heterocycles. The number of rotatable bonds is 35. The van der Waals surface area contributed by atoms with Crippen molar-refractivity contribution in [1.29, 1.82) is 0 Å². The molecule has 1 saturated heterocycles. The summed E-state index contributed by atoms with van der Waals surface area (Å²) >= 11 is 0. The maximum atomic E-state index is 12.8. The summed E-state index contributed by atoms with van der Waals surface area (Å²) in [5, 5.41) is 30.6. The summed E-state index contributed by atoms with van der Waals surface area (Å²) in [5.41, 5.74) is 0. The Balaban J connectivity index is 2.50. The average Bonchev–Trinajstić information content (AvgIpc) is 3.15. The van der Waals surface area contributed by atoms with Crippen LogP contribution in [0.25, 0.3) is 0 Å². The molecular formula is C42H74O12S. The van der Waals surface area contributed by atoms with E-state index in [2.05, 4.69) is 66.6 Å². The predicted octanol–water partition coefficient (Wildman–Crippen LogP) is 8.02. The van der Waals surface area contributed by atoms with Gasteiger partial charge < -0.3 is 34.3 Å². The lowest BCUT2D eigenvalue weighted by molar-refractivity contribution is -0.301. The molecule has 55 heavy (non-hydrogen) atoms. The number of carbonyl (C=O) groups is 1. The standard InChI is InChI=1S/C42H74O12S/c1-3-5-7-9-11-13-15-17-18-20-22-24-26-28-30-32-50-34-36(35-51-42-40(46)41(54-55(47,48)49)39(45)37(33-43)53-42)52-38(44)31-29-27-25-23-21-19-16-14-12-10-8-6-4-2/h6,8,12,14-15,17,19,21,36-37,39-43,45-46H,3-5,7,9-11,13,16,18,20,22-35H2,1-2H3,(H,47,48,49)/b8-6-,14-12-,17-15-,21-19-. The fourth-order valence-electron chi connectivity index (χ4n) is 6.03. The normalized spacial score (nSPS) is 21.5. The van der Waals surface area contributed by atoms with E-state index in [1.807, 2.05) is 0 Å². The van der Waals surface area contributed by atoms with Gasteiger partial charge in [-0.2, -0.15) is 8.42 Å².